The maximum absolute atomic E-state index is 13.7. The van der Waals surface area contributed by atoms with E-state index >= 15 is 0 Å². The molecule has 0 bridgehead atoms. The quantitative estimate of drug-likeness (QED) is 0.304. The van der Waals surface area contributed by atoms with Gasteiger partial charge in [-0.25, -0.2) is 18.6 Å². The van der Waals surface area contributed by atoms with Crippen LogP contribution in [0.2, 0.25) is 0 Å². The van der Waals surface area contributed by atoms with Crippen molar-refractivity contribution in [1.29, 1.82) is 0 Å². The van der Waals surface area contributed by atoms with Crippen molar-refractivity contribution in [3.05, 3.63) is 81.3 Å². The molecule has 3 aromatic rings. The number of ether oxygens (including phenoxy) is 1. The number of halogens is 2. The van der Waals surface area contributed by atoms with Crippen LogP contribution in [0.1, 0.15) is 31.4 Å². The van der Waals surface area contributed by atoms with E-state index < -0.39 is 35.6 Å². The molecule has 0 atom stereocenters. The third-order valence-corrected chi connectivity index (χ3v) is 5.64. The maximum Gasteiger partial charge on any atom is 0.339 e. The van der Waals surface area contributed by atoms with Crippen LogP contribution in [-0.2, 0) is 10.5 Å². The molecule has 0 aliphatic heterocycles. The average molecular weight is 419 g/mol. The summed E-state index contributed by atoms with van der Waals surface area (Å²) in [5.41, 5.74) is 0.758. The van der Waals surface area contributed by atoms with E-state index in [2.05, 4.69) is 4.98 Å². The number of rotatable bonds is 7. The number of nitrogens with zero attached hydrogens (tertiary/aromatic N) is 1. The fourth-order valence-electron chi connectivity index (χ4n) is 2.39. The van der Waals surface area contributed by atoms with E-state index in [9.17, 15) is 18.4 Å². The normalized spacial score (nSPS) is 10.7. The van der Waals surface area contributed by atoms with Crippen molar-refractivity contribution < 1.29 is 23.1 Å². The smallest absolute Gasteiger partial charge is 0.339 e. The van der Waals surface area contributed by atoms with E-state index in [4.69, 9.17) is 4.74 Å². The number of esters is 1. The van der Waals surface area contributed by atoms with Gasteiger partial charge in [0.15, 0.2) is 6.61 Å². The second kappa shape index (κ2) is 9.07. The highest BCUT2D eigenvalue weighted by molar-refractivity contribution is 7.98. The minimum Gasteiger partial charge on any atom is -0.454 e. The summed E-state index contributed by atoms with van der Waals surface area (Å²) < 4.78 is 31.9. The predicted molar refractivity (Wildman–Crippen MR) is 104 cm³/mol. The van der Waals surface area contributed by atoms with E-state index in [0.29, 0.717) is 16.2 Å². The summed E-state index contributed by atoms with van der Waals surface area (Å²) >= 11 is 2.98. The Morgan fingerprint density at radius 3 is 2.68 bits per heavy atom. The van der Waals surface area contributed by atoms with Crippen LogP contribution < -0.4 is 0 Å². The number of benzene rings is 2. The number of hydrogen-bond acceptors (Lipinski definition) is 6. The molecule has 0 spiro atoms. The number of Topliss-reactive ketones (excluding diaryl/α,β-unsaturated/α-hetero) is 1. The molecule has 0 unspecified atom stereocenters. The fraction of sp³-hybridized carbons (Fsp3) is 0.150. The van der Waals surface area contributed by atoms with Crippen molar-refractivity contribution >= 4 is 34.9 Å². The van der Waals surface area contributed by atoms with Gasteiger partial charge in [-0.2, -0.15) is 0 Å². The monoisotopic (exact) mass is 419 g/mol. The third kappa shape index (κ3) is 5.02. The number of carbonyl (C=O) groups excluding carboxylic acids is 2. The van der Waals surface area contributed by atoms with Gasteiger partial charge in [0.1, 0.15) is 11.6 Å². The molecule has 0 saturated carbocycles. The number of aromatic nitrogens is 1. The minimum atomic E-state index is -0.864. The molecule has 4 nitrogen and oxygen atoms in total. The first-order chi connectivity index (χ1) is 13.4. The Bertz CT molecular complexity index is 1020. The fourth-order valence-corrected chi connectivity index (χ4v) is 4.04. The van der Waals surface area contributed by atoms with Crippen LogP contribution in [0.25, 0.3) is 0 Å². The molecule has 0 fully saturated rings. The molecule has 1 aromatic heterocycles. The number of thiazole rings is 1. The lowest BCUT2D eigenvalue weighted by molar-refractivity contribution is 0.0470. The summed E-state index contributed by atoms with van der Waals surface area (Å²) in [6.45, 7) is 1.24. The first-order valence-electron chi connectivity index (χ1n) is 8.22. The van der Waals surface area contributed by atoms with Crippen LogP contribution in [0.3, 0.4) is 0 Å². The predicted octanol–water partition coefficient (Wildman–Crippen LogP) is 5.06. The van der Waals surface area contributed by atoms with E-state index in [1.54, 1.807) is 35.6 Å². The minimum absolute atomic E-state index is 0.298. The second-order valence-corrected chi connectivity index (χ2v) is 7.85. The van der Waals surface area contributed by atoms with Crippen molar-refractivity contribution in [2.45, 2.75) is 17.6 Å². The van der Waals surface area contributed by atoms with Gasteiger partial charge in [-0.3, -0.25) is 4.79 Å². The van der Waals surface area contributed by atoms with Crippen molar-refractivity contribution in [2.24, 2.45) is 0 Å². The molecule has 3 rings (SSSR count). The first kappa shape index (κ1) is 20.2. The van der Waals surface area contributed by atoms with Gasteiger partial charge in [0.05, 0.1) is 21.8 Å². The Morgan fingerprint density at radius 1 is 1.14 bits per heavy atom. The molecule has 144 valence electrons. The largest absolute Gasteiger partial charge is 0.454 e. The number of aryl methyl sites for hydroxylation is 1. The van der Waals surface area contributed by atoms with Crippen LogP contribution >= 0.6 is 23.1 Å². The molecule has 28 heavy (non-hydrogen) atoms. The van der Waals surface area contributed by atoms with E-state index in [1.807, 2.05) is 12.3 Å². The van der Waals surface area contributed by atoms with Gasteiger partial charge in [0.25, 0.3) is 0 Å². The number of ketones is 1. The highest BCUT2D eigenvalue weighted by Crippen LogP contribution is 2.27. The Morgan fingerprint density at radius 2 is 1.93 bits per heavy atom. The standard InChI is InChI=1S/C20H15F2NO3S2/c1-12-23-14(10-27-12)11-28-19-5-3-2-4-15(19)20(25)26-9-18(24)16-8-13(21)6-7-17(16)22/h2-8,10H,9,11H2,1H3. The van der Waals surface area contributed by atoms with Gasteiger partial charge in [0, 0.05) is 16.0 Å². The summed E-state index contributed by atoms with van der Waals surface area (Å²) in [4.78, 5) is 29.5. The number of carbonyl (C=O) groups is 2. The summed E-state index contributed by atoms with van der Waals surface area (Å²) in [5, 5.41) is 2.92. The highest BCUT2D eigenvalue weighted by atomic mass is 32.2. The maximum atomic E-state index is 13.7. The topological polar surface area (TPSA) is 56.3 Å². The highest BCUT2D eigenvalue weighted by Gasteiger charge is 2.18. The molecular weight excluding hydrogens is 404 g/mol. The molecule has 0 radical (unpaired) electrons. The van der Waals surface area contributed by atoms with E-state index in [0.717, 1.165) is 28.9 Å². The zero-order valence-electron chi connectivity index (χ0n) is 14.8. The van der Waals surface area contributed by atoms with Crippen LogP contribution in [-0.4, -0.2) is 23.3 Å². The van der Waals surface area contributed by atoms with Gasteiger partial charge < -0.3 is 4.74 Å². The van der Waals surface area contributed by atoms with Crippen LogP contribution in [0.5, 0.6) is 0 Å². The molecular formula is C20H15F2NO3S2. The zero-order valence-corrected chi connectivity index (χ0v) is 16.4. The Kier molecular flexibility index (Phi) is 6.53. The van der Waals surface area contributed by atoms with Crippen molar-refractivity contribution in [2.75, 3.05) is 6.61 Å². The van der Waals surface area contributed by atoms with Crippen LogP contribution in [0.15, 0.2) is 52.7 Å². The van der Waals surface area contributed by atoms with Crippen molar-refractivity contribution in [3.63, 3.8) is 0 Å². The third-order valence-electron chi connectivity index (χ3n) is 3.71. The molecule has 1 heterocycles. The molecule has 2 aromatic carbocycles. The van der Waals surface area contributed by atoms with Gasteiger partial charge in [-0.1, -0.05) is 12.1 Å². The lowest BCUT2D eigenvalue weighted by Gasteiger charge is -2.09. The number of thioether (sulfide) groups is 1. The van der Waals surface area contributed by atoms with Gasteiger partial charge in [-0.15, -0.1) is 23.1 Å². The zero-order chi connectivity index (χ0) is 20.1. The summed E-state index contributed by atoms with van der Waals surface area (Å²) in [6.07, 6.45) is 0. The van der Waals surface area contributed by atoms with Gasteiger partial charge in [-0.05, 0) is 37.3 Å². The lowest BCUT2D eigenvalue weighted by atomic mass is 10.1. The summed E-state index contributed by atoms with van der Waals surface area (Å²) in [7, 11) is 0. The first-order valence-corrected chi connectivity index (χ1v) is 10.1. The molecule has 0 aliphatic rings. The Labute approximate surface area is 168 Å². The van der Waals surface area contributed by atoms with Crippen LogP contribution in [0, 0.1) is 18.6 Å². The molecule has 0 saturated heterocycles. The summed E-state index contributed by atoms with van der Waals surface area (Å²) in [6, 6.07) is 9.39. The second-order valence-electron chi connectivity index (χ2n) is 5.77. The Hall–Kier alpha value is -2.58. The average Bonchev–Trinajstić information content (AvgIpc) is 3.11. The van der Waals surface area contributed by atoms with Crippen LogP contribution in [0.4, 0.5) is 8.78 Å². The van der Waals surface area contributed by atoms with E-state index in [-0.39, 0.29) is 0 Å². The van der Waals surface area contributed by atoms with Gasteiger partial charge >= 0.3 is 5.97 Å². The molecule has 0 amide bonds. The number of hydrogen-bond donors (Lipinski definition) is 0. The molecule has 0 aliphatic carbocycles. The van der Waals surface area contributed by atoms with E-state index in [1.165, 1.54) is 11.8 Å². The SMILES string of the molecule is Cc1nc(CSc2ccccc2C(=O)OCC(=O)c2cc(F)ccc2F)cs1. The molecule has 8 heteroatoms. The van der Waals surface area contributed by atoms with Crippen molar-refractivity contribution in [3.8, 4) is 0 Å². The molecule has 0 N–H and O–H groups in total. The van der Waals surface area contributed by atoms with Crippen molar-refractivity contribution in [1.82, 2.24) is 4.98 Å². The van der Waals surface area contributed by atoms with Gasteiger partial charge in [0.2, 0.25) is 5.78 Å². The Balaban J connectivity index is 1.65. The summed E-state index contributed by atoms with van der Waals surface area (Å²) in [5.74, 6) is -2.54. The lowest BCUT2D eigenvalue weighted by Crippen LogP contribution is -2.16.